The highest BCUT2D eigenvalue weighted by atomic mass is 19.1. The summed E-state index contributed by atoms with van der Waals surface area (Å²) < 4.78 is 14.9. The maximum Gasteiger partial charge on any atom is 0.258 e. The summed E-state index contributed by atoms with van der Waals surface area (Å²) in [4.78, 5) is 36.0. The van der Waals surface area contributed by atoms with E-state index < -0.39 is 6.17 Å². The first-order valence-electron chi connectivity index (χ1n) is 10.3. The molecule has 0 aliphatic carbocycles. The summed E-state index contributed by atoms with van der Waals surface area (Å²) in [7, 11) is 1.73. The molecule has 0 unspecified atom stereocenters. The Labute approximate surface area is 178 Å². The Morgan fingerprint density at radius 2 is 1.87 bits per heavy atom. The number of benzene rings is 2. The van der Waals surface area contributed by atoms with Gasteiger partial charge >= 0.3 is 0 Å². The predicted molar refractivity (Wildman–Crippen MR) is 118 cm³/mol. The zero-order valence-corrected chi connectivity index (χ0v) is 17.1. The molecule has 0 bridgehead atoms. The third kappa shape index (κ3) is 3.56. The van der Waals surface area contributed by atoms with Crippen molar-refractivity contribution in [3.05, 3.63) is 70.8 Å². The lowest BCUT2D eigenvalue weighted by atomic mass is 10.1. The van der Waals surface area contributed by atoms with Gasteiger partial charge in [-0.2, -0.15) is 0 Å². The van der Waals surface area contributed by atoms with Gasteiger partial charge in [0.25, 0.3) is 11.5 Å². The summed E-state index contributed by atoms with van der Waals surface area (Å²) in [6, 6.07) is 12.7. The molecule has 1 aliphatic rings. The Balaban J connectivity index is 1.51. The largest absolute Gasteiger partial charge is 0.338 e. The van der Waals surface area contributed by atoms with Gasteiger partial charge in [-0.15, -0.1) is 0 Å². The van der Waals surface area contributed by atoms with Gasteiger partial charge in [-0.1, -0.05) is 6.07 Å². The minimum Gasteiger partial charge on any atom is -0.338 e. The molecule has 0 N–H and O–H groups in total. The van der Waals surface area contributed by atoms with Crippen LogP contribution < -0.4 is 5.56 Å². The van der Waals surface area contributed by atoms with Crippen LogP contribution in [0.5, 0.6) is 0 Å². The van der Waals surface area contributed by atoms with Gasteiger partial charge in [0.05, 0.1) is 22.9 Å². The highest BCUT2D eigenvalue weighted by Crippen LogP contribution is 2.24. The molecular formula is C24H21FN4O2. The number of pyridine rings is 1. The highest BCUT2D eigenvalue weighted by Gasteiger charge is 2.23. The predicted octanol–water partition coefficient (Wildman–Crippen LogP) is 3.72. The quantitative estimate of drug-likeness (QED) is 0.499. The lowest BCUT2D eigenvalue weighted by molar-refractivity contribution is 0.0667. The first-order valence-corrected chi connectivity index (χ1v) is 10.3. The maximum atomic E-state index is 13.4. The number of carbonyl (C=O) groups is 1. The Hall–Kier alpha value is -3.61. The summed E-state index contributed by atoms with van der Waals surface area (Å²) in [6.07, 6.45) is 3.38. The van der Waals surface area contributed by atoms with Crippen molar-refractivity contribution in [1.29, 1.82) is 0 Å². The fraction of sp³-hybridized carbons (Fsp3) is 0.250. The average molecular weight is 416 g/mol. The van der Waals surface area contributed by atoms with Crippen LogP contribution in [0.3, 0.4) is 0 Å². The molecule has 5 rings (SSSR count). The van der Waals surface area contributed by atoms with Gasteiger partial charge < -0.3 is 9.47 Å². The summed E-state index contributed by atoms with van der Waals surface area (Å²) in [5.41, 5.74) is 3.30. The number of hydrogen-bond acceptors (Lipinski definition) is 4. The first-order chi connectivity index (χ1) is 15.0. The van der Waals surface area contributed by atoms with Crippen LogP contribution in [0.1, 0.15) is 23.2 Å². The second-order valence-corrected chi connectivity index (χ2v) is 7.96. The van der Waals surface area contributed by atoms with E-state index in [0.29, 0.717) is 53.6 Å². The topological polar surface area (TPSA) is 68.1 Å². The van der Waals surface area contributed by atoms with Crippen molar-refractivity contribution in [3.63, 3.8) is 0 Å². The van der Waals surface area contributed by atoms with Crippen LogP contribution in [0.4, 0.5) is 4.39 Å². The van der Waals surface area contributed by atoms with E-state index in [1.54, 1.807) is 53.2 Å². The molecule has 1 fully saturated rings. The van der Waals surface area contributed by atoms with Gasteiger partial charge in [-0.25, -0.2) is 9.37 Å². The summed E-state index contributed by atoms with van der Waals surface area (Å²) in [5.74, 6) is -0.109. The smallest absolute Gasteiger partial charge is 0.258 e. The van der Waals surface area contributed by atoms with Gasteiger partial charge in [0.15, 0.2) is 0 Å². The number of aromatic nitrogens is 3. The number of aryl methyl sites for hydroxylation is 1. The van der Waals surface area contributed by atoms with Crippen LogP contribution in [0.25, 0.3) is 33.1 Å². The second kappa shape index (κ2) is 7.58. The third-order valence-electron chi connectivity index (χ3n) is 5.88. The Morgan fingerprint density at radius 1 is 1.06 bits per heavy atom. The van der Waals surface area contributed by atoms with Crippen LogP contribution >= 0.6 is 0 Å². The SMILES string of the molecule is Cn1ccc2cc(-c3cnc4ccc(C(=O)N5CCC(F)CC5)cc4n3)ccc2c1=O. The Kier molecular flexibility index (Phi) is 4.73. The van der Waals surface area contributed by atoms with E-state index in [1.807, 2.05) is 18.2 Å². The minimum atomic E-state index is -0.823. The third-order valence-corrected chi connectivity index (χ3v) is 5.88. The molecular weight excluding hydrogens is 395 g/mol. The summed E-state index contributed by atoms with van der Waals surface area (Å²) in [5, 5.41) is 1.48. The van der Waals surface area contributed by atoms with Crippen molar-refractivity contribution in [2.75, 3.05) is 13.1 Å². The zero-order valence-electron chi connectivity index (χ0n) is 17.1. The molecule has 7 heteroatoms. The number of alkyl halides is 1. The Bertz CT molecular complexity index is 1370. The number of nitrogens with zero attached hydrogens (tertiary/aromatic N) is 4. The number of likely N-dealkylation sites (tertiary alicyclic amines) is 1. The van der Waals surface area contributed by atoms with E-state index >= 15 is 0 Å². The molecule has 156 valence electrons. The van der Waals surface area contributed by atoms with Crippen LogP contribution in [0.2, 0.25) is 0 Å². The normalized spacial score (nSPS) is 15.0. The summed E-state index contributed by atoms with van der Waals surface area (Å²) in [6.45, 7) is 0.862. The standard InChI is InChI=1S/C24H21FN4O2/c1-28-9-6-15-12-16(2-4-19(15)24(28)31)22-14-26-20-5-3-17(13-21(20)27-22)23(30)29-10-7-18(25)8-11-29/h2-6,9,12-14,18H,7-8,10-11H2,1H3. The molecule has 0 spiro atoms. The number of rotatable bonds is 2. The number of piperidine rings is 1. The minimum absolute atomic E-state index is 0.0476. The van der Waals surface area contributed by atoms with Crippen molar-refractivity contribution in [2.45, 2.75) is 19.0 Å². The van der Waals surface area contributed by atoms with E-state index in [2.05, 4.69) is 4.98 Å². The average Bonchev–Trinajstić information content (AvgIpc) is 2.80. The lowest BCUT2D eigenvalue weighted by Crippen LogP contribution is -2.39. The lowest BCUT2D eigenvalue weighted by Gasteiger charge is -2.28. The van der Waals surface area contributed by atoms with Gasteiger partial charge in [0.1, 0.15) is 6.17 Å². The summed E-state index contributed by atoms with van der Waals surface area (Å²) >= 11 is 0. The van der Waals surface area contributed by atoms with Crippen LogP contribution in [0, 0.1) is 0 Å². The zero-order chi connectivity index (χ0) is 21.5. The molecule has 6 nitrogen and oxygen atoms in total. The fourth-order valence-corrected chi connectivity index (χ4v) is 4.02. The monoisotopic (exact) mass is 416 g/mol. The number of carbonyl (C=O) groups excluding carboxylic acids is 1. The highest BCUT2D eigenvalue weighted by molar-refractivity contribution is 5.97. The van der Waals surface area contributed by atoms with Crippen molar-refractivity contribution >= 4 is 27.7 Å². The molecule has 0 saturated carbocycles. The van der Waals surface area contributed by atoms with Gasteiger partial charge in [-0.3, -0.25) is 14.6 Å². The molecule has 31 heavy (non-hydrogen) atoms. The van der Waals surface area contributed by atoms with Gasteiger partial charge in [0.2, 0.25) is 0 Å². The number of halogens is 1. The van der Waals surface area contributed by atoms with E-state index in [0.717, 1.165) is 10.9 Å². The van der Waals surface area contributed by atoms with E-state index in [-0.39, 0.29) is 11.5 Å². The molecule has 0 atom stereocenters. The number of amides is 1. The molecule has 1 aliphatic heterocycles. The number of fused-ring (bicyclic) bond motifs is 2. The molecule has 0 radical (unpaired) electrons. The first kappa shape index (κ1) is 19.4. The van der Waals surface area contributed by atoms with E-state index in [4.69, 9.17) is 4.98 Å². The van der Waals surface area contributed by atoms with Crippen molar-refractivity contribution < 1.29 is 9.18 Å². The number of hydrogen-bond donors (Lipinski definition) is 0. The van der Waals surface area contributed by atoms with Crippen molar-refractivity contribution in [3.8, 4) is 11.3 Å². The molecule has 3 heterocycles. The van der Waals surface area contributed by atoms with Crippen LogP contribution in [-0.2, 0) is 7.05 Å². The van der Waals surface area contributed by atoms with Crippen molar-refractivity contribution in [1.82, 2.24) is 19.4 Å². The van der Waals surface area contributed by atoms with Crippen LogP contribution in [0.15, 0.2) is 59.7 Å². The van der Waals surface area contributed by atoms with Gasteiger partial charge in [0, 0.05) is 42.8 Å². The van der Waals surface area contributed by atoms with E-state index in [9.17, 15) is 14.0 Å². The second-order valence-electron chi connectivity index (χ2n) is 7.96. The fourth-order valence-electron chi connectivity index (χ4n) is 4.02. The molecule has 1 saturated heterocycles. The van der Waals surface area contributed by atoms with E-state index in [1.165, 1.54) is 0 Å². The molecule has 1 amide bonds. The maximum absolute atomic E-state index is 13.4. The molecule has 2 aromatic heterocycles. The van der Waals surface area contributed by atoms with Crippen molar-refractivity contribution in [2.24, 2.45) is 7.05 Å². The molecule has 4 aromatic rings. The van der Waals surface area contributed by atoms with Gasteiger partial charge in [-0.05, 0) is 54.6 Å². The molecule has 2 aromatic carbocycles. The van der Waals surface area contributed by atoms with Crippen LogP contribution in [-0.4, -0.2) is 44.6 Å². The Morgan fingerprint density at radius 3 is 2.68 bits per heavy atom.